The molecule has 0 unspecified atom stereocenters. The third kappa shape index (κ3) is 4.67. The third-order valence-corrected chi connectivity index (χ3v) is 6.22. The highest BCUT2D eigenvalue weighted by atomic mass is 32.2. The molecule has 1 amide bonds. The maximum Gasteiger partial charge on any atom is 0.251 e. The van der Waals surface area contributed by atoms with Gasteiger partial charge in [0.15, 0.2) is 0 Å². The van der Waals surface area contributed by atoms with E-state index in [0.29, 0.717) is 12.0 Å². The predicted octanol–water partition coefficient (Wildman–Crippen LogP) is 3.14. The Morgan fingerprint density at radius 3 is 2.44 bits per heavy atom. The molecule has 0 bridgehead atoms. The van der Waals surface area contributed by atoms with Crippen molar-refractivity contribution < 1.29 is 17.9 Å². The number of sulfonamides is 1. The molecule has 1 atom stereocenters. The minimum absolute atomic E-state index is 0.0912. The normalized spacial score (nSPS) is 12.7. The van der Waals surface area contributed by atoms with Crippen molar-refractivity contribution in [2.24, 2.45) is 0 Å². The van der Waals surface area contributed by atoms with E-state index in [9.17, 15) is 13.2 Å². The molecule has 0 radical (unpaired) electrons. The second-order valence-electron chi connectivity index (χ2n) is 6.48. The molecule has 2 aromatic carbocycles. The largest absolute Gasteiger partial charge is 0.496 e. The van der Waals surface area contributed by atoms with Gasteiger partial charge in [-0.05, 0) is 48.7 Å². The topological polar surface area (TPSA) is 75.7 Å². The maximum absolute atomic E-state index is 12.7. The van der Waals surface area contributed by atoms with E-state index in [1.807, 2.05) is 32.0 Å². The van der Waals surface area contributed by atoms with Crippen molar-refractivity contribution in [1.29, 1.82) is 0 Å². The number of nitrogens with zero attached hydrogens (tertiary/aromatic N) is 1. The molecular weight excluding hydrogens is 364 g/mol. The van der Waals surface area contributed by atoms with Crippen molar-refractivity contribution in [2.75, 3.05) is 21.2 Å². The van der Waals surface area contributed by atoms with Crippen molar-refractivity contribution in [3.05, 3.63) is 59.2 Å². The van der Waals surface area contributed by atoms with Gasteiger partial charge in [-0.2, -0.15) is 0 Å². The number of rotatable bonds is 7. The fourth-order valence-electron chi connectivity index (χ4n) is 2.79. The van der Waals surface area contributed by atoms with Gasteiger partial charge in [0.05, 0.1) is 18.0 Å². The van der Waals surface area contributed by atoms with E-state index in [4.69, 9.17) is 4.74 Å². The van der Waals surface area contributed by atoms with E-state index in [-0.39, 0.29) is 16.8 Å². The Bertz CT molecular complexity index is 923. The maximum atomic E-state index is 12.7. The molecule has 0 spiro atoms. The highest BCUT2D eigenvalue weighted by molar-refractivity contribution is 7.89. The van der Waals surface area contributed by atoms with Crippen LogP contribution < -0.4 is 10.1 Å². The number of methoxy groups -OCH3 is 1. The number of amides is 1. The zero-order valence-corrected chi connectivity index (χ0v) is 17.1. The van der Waals surface area contributed by atoms with Crippen molar-refractivity contribution in [2.45, 2.75) is 31.2 Å². The molecule has 146 valence electrons. The molecule has 0 fully saturated rings. The van der Waals surface area contributed by atoms with Crippen LogP contribution in [0.3, 0.4) is 0 Å². The van der Waals surface area contributed by atoms with Gasteiger partial charge < -0.3 is 10.1 Å². The van der Waals surface area contributed by atoms with Gasteiger partial charge >= 0.3 is 0 Å². The van der Waals surface area contributed by atoms with E-state index in [1.54, 1.807) is 19.2 Å². The van der Waals surface area contributed by atoms with Crippen LogP contribution in [0.2, 0.25) is 0 Å². The standard InChI is InChI=1S/C20H26N2O4S/c1-6-18(15-10-11-19(26-5)14(2)12-15)21-20(23)16-8-7-9-17(13-16)27(24,25)22(3)4/h7-13,18H,6H2,1-5H3,(H,21,23)/t18-/m1/s1. The summed E-state index contributed by atoms with van der Waals surface area (Å²) >= 11 is 0. The number of carbonyl (C=O) groups excluding carboxylic acids is 1. The van der Waals surface area contributed by atoms with Crippen LogP contribution in [-0.4, -0.2) is 39.8 Å². The Labute approximate surface area is 161 Å². The SMILES string of the molecule is CC[C@@H](NC(=O)c1cccc(S(=O)(=O)N(C)C)c1)c1ccc(OC)c(C)c1. The van der Waals surface area contributed by atoms with Gasteiger partial charge in [0.2, 0.25) is 10.0 Å². The molecule has 0 aliphatic carbocycles. The van der Waals surface area contributed by atoms with Gasteiger partial charge in [0.1, 0.15) is 5.75 Å². The number of hydrogen-bond acceptors (Lipinski definition) is 4. The monoisotopic (exact) mass is 390 g/mol. The van der Waals surface area contributed by atoms with Gasteiger partial charge in [-0.1, -0.05) is 25.1 Å². The molecule has 2 rings (SSSR count). The van der Waals surface area contributed by atoms with Crippen LogP contribution in [0.25, 0.3) is 0 Å². The Kier molecular flexibility index (Phi) is 6.62. The Hall–Kier alpha value is -2.38. The van der Waals surface area contributed by atoms with Crippen LogP contribution >= 0.6 is 0 Å². The minimum atomic E-state index is -3.59. The predicted molar refractivity (Wildman–Crippen MR) is 106 cm³/mol. The number of benzene rings is 2. The highest BCUT2D eigenvalue weighted by Gasteiger charge is 2.20. The smallest absolute Gasteiger partial charge is 0.251 e. The first kappa shape index (κ1) is 20.9. The third-order valence-electron chi connectivity index (χ3n) is 4.41. The second-order valence-corrected chi connectivity index (χ2v) is 8.63. The fraction of sp³-hybridized carbons (Fsp3) is 0.350. The fourth-order valence-corrected chi connectivity index (χ4v) is 3.74. The molecular formula is C20H26N2O4S. The average molecular weight is 391 g/mol. The molecule has 0 aliphatic heterocycles. The molecule has 27 heavy (non-hydrogen) atoms. The average Bonchev–Trinajstić information content (AvgIpc) is 2.65. The zero-order valence-electron chi connectivity index (χ0n) is 16.3. The lowest BCUT2D eigenvalue weighted by Crippen LogP contribution is -2.28. The van der Waals surface area contributed by atoms with Crippen LogP contribution in [0.4, 0.5) is 0 Å². The van der Waals surface area contributed by atoms with Crippen LogP contribution in [0.1, 0.15) is 40.9 Å². The summed E-state index contributed by atoms with van der Waals surface area (Å²) in [6, 6.07) is 11.7. The summed E-state index contributed by atoms with van der Waals surface area (Å²) in [6.07, 6.45) is 0.702. The first-order chi connectivity index (χ1) is 12.7. The summed E-state index contributed by atoms with van der Waals surface area (Å²) in [7, 11) is 0.947. The number of ether oxygens (including phenoxy) is 1. The van der Waals surface area contributed by atoms with Crippen LogP contribution in [-0.2, 0) is 10.0 Å². The number of carbonyl (C=O) groups is 1. The number of hydrogen-bond donors (Lipinski definition) is 1. The van der Waals surface area contributed by atoms with Gasteiger partial charge in [0, 0.05) is 19.7 Å². The van der Waals surface area contributed by atoms with Crippen LogP contribution in [0.15, 0.2) is 47.4 Å². The number of aryl methyl sites for hydroxylation is 1. The molecule has 0 aliphatic rings. The van der Waals surface area contributed by atoms with Crippen molar-refractivity contribution in [1.82, 2.24) is 9.62 Å². The van der Waals surface area contributed by atoms with Gasteiger partial charge in [-0.15, -0.1) is 0 Å². The highest BCUT2D eigenvalue weighted by Crippen LogP contribution is 2.25. The van der Waals surface area contributed by atoms with E-state index >= 15 is 0 Å². The summed E-state index contributed by atoms with van der Waals surface area (Å²) < 4.78 is 31.0. The summed E-state index contributed by atoms with van der Waals surface area (Å²) in [6.45, 7) is 3.93. The molecule has 0 saturated heterocycles. The first-order valence-electron chi connectivity index (χ1n) is 8.68. The Morgan fingerprint density at radius 1 is 1.19 bits per heavy atom. The van der Waals surface area contributed by atoms with Crippen molar-refractivity contribution >= 4 is 15.9 Å². The molecule has 7 heteroatoms. The lowest BCUT2D eigenvalue weighted by Gasteiger charge is -2.19. The van der Waals surface area contributed by atoms with Gasteiger partial charge in [-0.25, -0.2) is 12.7 Å². The first-order valence-corrected chi connectivity index (χ1v) is 10.1. The zero-order chi connectivity index (χ0) is 20.2. The molecule has 1 N–H and O–H groups in total. The Balaban J connectivity index is 2.26. The second kappa shape index (κ2) is 8.54. The van der Waals surface area contributed by atoms with Gasteiger partial charge in [-0.3, -0.25) is 4.79 Å². The summed E-state index contributed by atoms with van der Waals surface area (Å²) in [5.74, 6) is 0.479. The van der Waals surface area contributed by atoms with E-state index < -0.39 is 10.0 Å². The number of nitrogens with one attached hydrogen (secondary N) is 1. The molecule has 2 aromatic rings. The van der Waals surface area contributed by atoms with Crippen molar-refractivity contribution in [3.63, 3.8) is 0 Å². The summed E-state index contributed by atoms with van der Waals surface area (Å²) in [4.78, 5) is 12.8. The quantitative estimate of drug-likeness (QED) is 0.788. The van der Waals surface area contributed by atoms with Crippen LogP contribution in [0.5, 0.6) is 5.75 Å². The lowest BCUT2D eigenvalue weighted by atomic mass is 10.0. The van der Waals surface area contributed by atoms with Crippen LogP contribution in [0, 0.1) is 6.92 Å². The Morgan fingerprint density at radius 2 is 1.89 bits per heavy atom. The summed E-state index contributed by atoms with van der Waals surface area (Å²) in [5, 5.41) is 2.98. The lowest BCUT2D eigenvalue weighted by molar-refractivity contribution is 0.0935. The van der Waals surface area contributed by atoms with E-state index in [0.717, 1.165) is 21.2 Å². The van der Waals surface area contributed by atoms with E-state index in [1.165, 1.54) is 26.2 Å². The molecule has 0 aromatic heterocycles. The molecule has 0 saturated carbocycles. The molecule has 0 heterocycles. The summed E-state index contributed by atoms with van der Waals surface area (Å²) in [5.41, 5.74) is 2.27. The molecule has 6 nitrogen and oxygen atoms in total. The van der Waals surface area contributed by atoms with Crippen molar-refractivity contribution in [3.8, 4) is 5.75 Å². The van der Waals surface area contributed by atoms with E-state index in [2.05, 4.69) is 5.32 Å². The van der Waals surface area contributed by atoms with Gasteiger partial charge in [0.25, 0.3) is 5.91 Å². The minimum Gasteiger partial charge on any atom is -0.496 e.